The summed E-state index contributed by atoms with van der Waals surface area (Å²) in [6.07, 6.45) is 0.769. The van der Waals surface area contributed by atoms with Crippen molar-refractivity contribution in [1.82, 2.24) is 0 Å². The van der Waals surface area contributed by atoms with Crippen molar-refractivity contribution in [3.8, 4) is 0 Å². The van der Waals surface area contributed by atoms with E-state index in [1.807, 2.05) is 39.0 Å². The van der Waals surface area contributed by atoms with E-state index in [1.165, 1.54) is 5.56 Å². The Morgan fingerprint density at radius 1 is 1.17 bits per heavy atom. The van der Waals surface area contributed by atoms with Crippen molar-refractivity contribution in [1.29, 1.82) is 0 Å². The molecule has 0 heterocycles. The molecule has 0 spiro atoms. The number of ether oxygens (including phenoxy) is 1. The first-order valence-electron chi connectivity index (χ1n) is 6.59. The first kappa shape index (κ1) is 14.7. The zero-order valence-corrected chi connectivity index (χ0v) is 12.1. The number of carbonyl (C=O) groups is 1. The Hall–Kier alpha value is -1.31. The van der Waals surface area contributed by atoms with Gasteiger partial charge in [-0.1, -0.05) is 58.0 Å². The van der Waals surface area contributed by atoms with Gasteiger partial charge < -0.3 is 4.74 Å². The molecular weight excluding hydrogens is 224 g/mol. The van der Waals surface area contributed by atoms with Crippen LogP contribution >= 0.6 is 0 Å². The van der Waals surface area contributed by atoms with Gasteiger partial charge in [-0.15, -0.1) is 0 Å². The molecule has 1 aromatic carbocycles. The van der Waals surface area contributed by atoms with Crippen molar-refractivity contribution in [3.63, 3.8) is 0 Å². The van der Waals surface area contributed by atoms with Gasteiger partial charge in [-0.05, 0) is 24.3 Å². The highest BCUT2D eigenvalue weighted by atomic mass is 16.5. The third-order valence-corrected chi connectivity index (χ3v) is 3.14. The number of carbonyl (C=O) groups excluding carboxylic acids is 1. The molecule has 1 unspecified atom stereocenters. The Bertz CT molecular complexity index is 379. The van der Waals surface area contributed by atoms with E-state index in [0.717, 1.165) is 6.42 Å². The van der Waals surface area contributed by atoms with Crippen molar-refractivity contribution in [3.05, 3.63) is 35.9 Å². The highest BCUT2D eigenvalue weighted by Gasteiger charge is 2.25. The van der Waals surface area contributed by atoms with Gasteiger partial charge in [0.05, 0.1) is 12.0 Å². The molecule has 0 aromatic heterocycles. The van der Waals surface area contributed by atoms with Gasteiger partial charge in [-0.25, -0.2) is 0 Å². The quantitative estimate of drug-likeness (QED) is 0.738. The summed E-state index contributed by atoms with van der Waals surface area (Å²) < 4.78 is 5.43. The summed E-state index contributed by atoms with van der Waals surface area (Å²) in [4.78, 5) is 11.6. The molecule has 0 amide bonds. The topological polar surface area (TPSA) is 26.3 Å². The molecule has 0 fully saturated rings. The van der Waals surface area contributed by atoms with Gasteiger partial charge in [0.15, 0.2) is 0 Å². The minimum atomic E-state index is -0.119. The summed E-state index contributed by atoms with van der Waals surface area (Å²) in [7, 11) is 0. The molecule has 0 bridgehead atoms. The van der Waals surface area contributed by atoms with E-state index >= 15 is 0 Å². The standard InChI is InChI=1S/C16H24O2/c1-12(2)15(17)18-13(3)11-16(4,5)14-9-7-6-8-10-14/h6-10,12-13H,11H2,1-5H3. The Morgan fingerprint density at radius 3 is 2.22 bits per heavy atom. The first-order chi connectivity index (χ1) is 8.33. The van der Waals surface area contributed by atoms with Crippen molar-refractivity contribution < 1.29 is 9.53 Å². The highest BCUT2D eigenvalue weighted by Crippen LogP contribution is 2.29. The van der Waals surface area contributed by atoms with Gasteiger partial charge in [-0.3, -0.25) is 4.79 Å². The van der Waals surface area contributed by atoms with Gasteiger partial charge in [-0.2, -0.15) is 0 Å². The van der Waals surface area contributed by atoms with Crippen LogP contribution < -0.4 is 0 Å². The predicted octanol–water partition coefficient (Wildman–Crippen LogP) is 3.94. The molecule has 2 nitrogen and oxygen atoms in total. The maximum Gasteiger partial charge on any atom is 0.308 e. The highest BCUT2D eigenvalue weighted by molar-refractivity contribution is 5.71. The monoisotopic (exact) mass is 248 g/mol. The summed E-state index contributed by atoms with van der Waals surface area (Å²) in [6.45, 7) is 10.0. The lowest BCUT2D eigenvalue weighted by atomic mass is 9.80. The van der Waals surface area contributed by atoms with E-state index in [-0.39, 0.29) is 23.4 Å². The van der Waals surface area contributed by atoms with Crippen LogP contribution in [0.4, 0.5) is 0 Å². The van der Waals surface area contributed by atoms with Crippen LogP contribution in [0.1, 0.15) is 46.6 Å². The second kappa shape index (κ2) is 6.03. The van der Waals surface area contributed by atoms with Gasteiger partial charge in [0.2, 0.25) is 0 Å². The Balaban J connectivity index is 2.63. The predicted molar refractivity (Wildman–Crippen MR) is 74.5 cm³/mol. The molecule has 18 heavy (non-hydrogen) atoms. The summed E-state index contributed by atoms with van der Waals surface area (Å²) in [5, 5.41) is 0. The summed E-state index contributed by atoms with van der Waals surface area (Å²) >= 11 is 0. The molecule has 1 aromatic rings. The fraction of sp³-hybridized carbons (Fsp3) is 0.562. The van der Waals surface area contributed by atoms with Crippen molar-refractivity contribution in [2.24, 2.45) is 5.92 Å². The lowest BCUT2D eigenvalue weighted by molar-refractivity contribution is -0.152. The van der Waals surface area contributed by atoms with Crippen LogP contribution in [0.25, 0.3) is 0 Å². The average molecular weight is 248 g/mol. The lowest BCUT2D eigenvalue weighted by Gasteiger charge is -2.28. The summed E-state index contributed by atoms with van der Waals surface area (Å²) in [6, 6.07) is 10.3. The molecule has 0 aliphatic rings. The normalized spacial score (nSPS) is 13.4. The van der Waals surface area contributed by atoms with Crippen LogP contribution in [0.5, 0.6) is 0 Å². The Kier molecular flexibility index (Phi) is 4.94. The summed E-state index contributed by atoms with van der Waals surface area (Å²) in [5.41, 5.74) is 1.29. The molecular formula is C16H24O2. The number of hydrogen-bond donors (Lipinski definition) is 0. The van der Waals surface area contributed by atoms with E-state index < -0.39 is 0 Å². The maximum absolute atomic E-state index is 11.6. The summed E-state index contributed by atoms with van der Waals surface area (Å²) in [5.74, 6) is -0.182. The van der Waals surface area contributed by atoms with Gasteiger partial charge >= 0.3 is 5.97 Å². The largest absolute Gasteiger partial charge is 0.462 e. The molecule has 0 saturated heterocycles. The van der Waals surface area contributed by atoms with E-state index in [0.29, 0.717) is 0 Å². The zero-order chi connectivity index (χ0) is 13.8. The lowest BCUT2D eigenvalue weighted by Crippen LogP contribution is -2.27. The number of rotatable bonds is 5. The Morgan fingerprint density at radius 2 is 1.72 bits per heavy atom. The molecule has 1 atom stereocenters. The Labute approximate surface area is 110 Å². The maximum atomic E-state index is 11.6. The minimum Gasteiger partial charge on any atom is -0.462 e. The average Bonchev–Trinajstić information content (AvgIpc) is 2.29. The third-order valence-electron chi connectivity index (χ3n) is 3.14. The fourth-order valence-electron chi connectivity index (χ4n) is 2.10. The second-order valence-corrected chi connectivity index (χ2v) is 5.86. The van der Waals surface area contributed by atoms with Gasteiger partial charge in [0, 0.05) is 0 Å². The van der Waals surface area contributed by atoms with E-state index in [9.17, 15) is 4.79 Å². The molecule has 2 heteroatoms. The van der Waals surface area contributed by atoms with E-state index in [4.69, 9.17) is 4.74 Å². The van der Waals surface area contributed by atoms with Crippen LogP contribution in [-0.2, 0) is 14.9 Å². The van der Waals surface area contributed by atoms with Crippen LogP contribution in [-0.4, -0.2) is 12.1 Å². The van der Waals surface area contributed by atoms with Crippen LogP contribution in [0, 0.1) is 5.92 Å². The molecule has 0 radical (unpaired) electrons. The molecule has 100 valence electrons. The molecule has 0 aliphatic heterocycles. The van der Waals surface area contributed by atoms with E-state index in [2.05, 4.69) is 26.0 Å². The fourth-order valence-corrected chi connectivity index (χ4v) is 2.10. The SMILES string of the molecule is CC(CC(C)(C)c1ccccc1)OC(=O)C(C)C. The number of hydrogen-bond acceptors (Lipinski definition) is 2. The molecule has 1 rings (SSSR count). The number of esters is 1. The van der Waals surface area contributed by atoms with Gasteiger partial charge in [0.25, 0.3) is 0 Å². The van der Waals surface area contributed by atoms with Crippen molar-refractivity contribution in [2.45, 2.75) is 52.6 Å². The smallest absolute Gasteiger partial charge is 0.308 e. The minimum absolute atomic E-state index is 0.0118. The van der Waals surface area contributed by atoms with Crippen molar-refractivity contribution in [2.75, 3.05) is 0 Å². The molecule has 0 N–H and O–H groups in total. The van der Waals surface area contributed by atoms with Gasteiger partial charge in [0.1, 0.15) is 0 Å². The second-order valence-electron chi connectivity index (χ2n) is 5.86. The zero-order valence-electron chi connectivity index (χ0n) is 12.1. The van der Waals surface area contributed by atoms with E-state index in [1.54, 1.807) is 0 Å². The van der Waals surface area contributed by atoms with Crippen LogP contribution in [0.2, 0.25) is 0 Å². The number of benzene rings is 1. The first-order valence-corrected chi connectivity index (χ1v) is 6.59. The van der Waals surface area contributed by atoms with Crippen LogP contribution in [0.3, 0.4) is 0 Å². The molecule has 0 saturated carbocycles. The van der Waals surface area contributed by atoms with Crippen LogP contribution in [0.15, 0.2) is 30.3 Å². The third kappa shape index (κ3) is 4.17. The van der Waals surface area contributed by atoms with Crippen molar-refractivity contribution >= 4 is 5.97 Å². The molecule has 0 aliphatic carbocycles.